The van der Waals surface area contributed by atoms with Crippen LogP contribution >= 0.6 is 0 Å². The van der Waals surface area contributed by atoms with Crippen LogP contribution in [0, 0.1) is 0 Å². The molecule has 0 aliphatic carbocycles. The lowest BCUT2D eigenvalue weighted by atomic mass is 10.2. The number of H-pyrrole nitrogens is 1. The largest absolute Gasteiger partial charge is 0.493 e. The van der Waals surface area contributed by atoms with Gasteiger partial charge in [-0.25, -0.2) is 4.98 Å². The molecule has 0 bridgehead atoms. The van der Waals surface area contributed by atoms with E-state index in [1.54, 1.807) is 7.11 Å². The van der Waals surface area contributed by atoms with Crippen LogP contribution < -0.4 is 9.47 Å². The van der Waals surface area contributed by atoms with Crippen molar-refractivity contribution in [2.24, 2.45) is 0 Å². The van der Waals surface area contributed by atoms with Crippen molar-refractivity contribution in [3.63, 3.8) is 0 Å². The molecule has 0 amide bonds. The molecule has 4 heteroatoms. The van der Waals surface area contributed by atoms with Crippen LogP contribution in [0.2, 0.25) is 0 Å². The zero-order valence-electron chi connectivity index (χ0n) is 13.6. The zero-order chi connectivity index (χ0) is 16.1. The van der Waals surface area contributed by atoms with E-state index in [4.69, 9.17) is 9.47 Å². The Balaban J connectivity index is 1.83. The molecule has 23 heavy (non-hydrogen) atoms. The molecule has 3 aromatic rings. The summed E-state index contributed by atoms with van der Waals surface area (Å²) in [5.74, 6) is 2.35. The van der Waals surface area contributed by atoms with E-state index < -0.39 is 0 Å². The van der Waals surface area contributed by atoms with Crippen molar-refractivity contribution in [3.8, 4) is 22.9 Å². The van der Waals surface area contributed by atoms with Gasteiger partial charge in [-0.05, 0) is 36.8 Å². The van der Waals surface area contributed by atoms with Gasteiger partial charge in [0.25, 0.3) is 0 Å². The minimum Gasteiger partial charge on any atom is -0.493 e. The highest BCUT2D eigenvalue weighted by atomic mass is 16.5. The van der Waals surface area contributed by atoms with E-state index in [0.717, 1.165) is 40.3 Å². The Morgan fingerprint density at radius 3 is 2.70 bits per heavy atom. The summed E-state index contributed by atoms with van der Waals surface area (Å²) >= 11 is 0. The number of ether oxygens (including phenoxy) is 2. The molecule has 0 spiro atoms. The number of nitrogens with one attached hydrogen (secondary N) is 1. The highest BCUT2D eigenvalue weighted by molar-refractivity contribution is 5.79. The number of imidazole rings is 1. The molecule has 3 rings (SSSR count). The van der Waals surface area contributed by atoms with E-state index in [-0.39, 0.29) is 0 Å². The lowest BCUT2D eigenvalue weighted by molar-refractivity contribution is 0.286. The van der Waals surface area contributed by atoms with Crippen LogP contribution in [0.1, 0.15) is 26.2 Å². The summed E-state index contributed by atoms with van der Waals surface area (Å²) in [5, 5.41) is 0. The van der Waals surface area contributed by atoms with Crippen molar-refractivity contribution >= 4 is 11.0 Å². The Morgan fingerprint density at radius 2 is 1.91 bits per heavy atom. The normalized spacial score (nSPS) is 10.9. The molecule has 0 aliphatic rings. The molecule has 0 atom stereocenters. The molecular weight excluding hydrogens is 288 g/mol. The molecule has 0 unspecified atom stereocenters. The van der Waals surface area contributed by atoms with Gasteiger partial charge in [0.05, 0.1) is 24.8 Å². The number of hydrogen-bond acceptors (Lipinski definition) is 3. The van der Waals surface area contributed by atoms with Gasteiger partial charge in [-0.1, -0.05) is 31.9 Å². The first kappa shape index (κ1) is 15.4. The highest BCUT2D eigenvalue weighted by Gasteiger charge is 2.10. The summed E-state index contributed by atoms with van der Waals surface area (Å²) in [5.41, 5.74) is 2.97. The first-order valence-electron chi connectivity index (χ1n) is 8.07. The van der Waals surface area contributed by atoms with Crippen LogP contribution in [-0.2, 0) is 0 Å². The molecule has 1 aromatic heterocycles. The predicted molar refractivity (Wildman–Crippen MR) is 93.1 cm³/mol. The average Bonchev–Trinajstić information content (AvgIpc) is 3.03. The third kappa shape index (κ3) is 3.47. The van der Waals surface area contributed by atoms with Crippen LogP contribution in [0.25, 0.3) is 22.4 Å². The number of aromatic nitrogens is 2. The van der Waals surface area contributed by atoms with E-state index in [0.29, 0.717) is 6.61 Å². The van der Waals surface area contributed by atoms with Crippen molar-refractivity contribution in [2.75, 3.05) is 13.7 Å². The van der Waals surface area contributed by atoms with Crippen LogP contribution in [0.4, 0.5) is 0 Å². The van der Waals surface area contributed by atoms with Crippen molar-refractivity contribution in [3.05, 3.63) is 42.5 Å². The van der Waals surface area contributed by atoms with Crippen molar-refractivity contribution in [2.45, 2.75) is 26.2 Å². The first-order chi connectivity index (χ1) is 11.3. The van der Waals surface area contributed by atoms with Crippen LogP contribution in [-0.4, -0.2) is 23.7 Å². The summed E-state index contributed by atoms with van der Waals surface area (Å²) in [6.07, 6.45) is 3.43. The van der Waals surface area contributed by atoms with Gasteiger partial charge in [-0.2, -0.15) is 0 Å². The standard InChI is InChI=1S/C19H22N2O2/c1-3-4-7-12-23-17-11-10-14(13-18(17)22-2)19-20-15-8-5-6-9-16(15)21-19/h5-6,8-11,13H,3-4,7,12H2,1-2H3,(H,20,21). The molecule has 2 aromatic carbocycles. The molecule has 1 heterocycles. The van der Waals surface area contributed by atoms with Crippen LogP contribution in [0.15, 0.2) is 42.5 Å². The smallest absolute Gasteiger partial charge is 0.161 e. The number of nitrogens with zero attached hydrogens (tertiary/aromatic N) is 1. The monoisotopic (exact) mass is 310 g/mol. The van der Waals surface area contributed by atoms with Gasteiger partial charge in [0, 0.05) is 5.56 Å². The van der Waals surface area contributed by atoms with Crippen molar-refractivity contribution in [1.29, 1.82) is 0 Å². The summed E-state index contributed by atoms with van der Waals surface area (Å²) in [4.78, 5) is 7.96. The van der Waals surface area contributed by atoms with Gasteiger partial charge in [-0.15, -0.1) is 0 Å². The average molecular weight is 310 g/mol. The number of para-hydroxylation sites is 2. The Kier molecular flexibility index (Phi) is 4.81. The van der Waals surface area contributed by atoms with Crippen molar-refractivity contribution in [1.82, 2.24) is 9.97 Å². The third-order valence-electron chi connectivity index (χ3n) is 3.83. The SMILES string of the molecule is CCCCCOc1ccc(-c2nc3ccccc3[nH]2)cc1OC. The molecule has 0 saturated carbocycles. The molecule has 120 valence electrons. The molecule has 1 N–H and O–H groups in total. The second kappa shape index (κ2) is 7.18. The minimum absolute atomic E-state index is 0.716. The number of methoxy groups -OCH3 is 1. The summed E-state index contributed by atoms with van der Waals surface area (Å²) in [6.45, 7) is 2.90. The van der Waals surface area contributed by atoms with E-state index in [9.17, 15) is 0 Å². The van der Waals surface area contributed by atoms with Gasteiger partial charge in [0.2, 0.25) is 0 Å². The lowest BCUT2D eigenvalue weighted by Crippen LogP contribution is -1.99. The maximum Gasteiger partial charge on any atom is 0.161 e. The third-order valence-corrected chi connectivity index (χ3v) is 3.83. The fourth-order valence-corrected chi connectivity index (χ4v) is 2.56. The number of unbranched alkanes of at least 4 members (excludes halogenated alkanes) is 2. The predicted octanol–water partition coefficient (Wildman–Crippen LogP) is 4.81. The highest BCUT2D eigenvalue weighted by Crippen LogP contribution is 2.32. The molecule has 4 nitrogen and oxygen atoms in total. The van der Waals surface area contributed by atoms with Gasteiger partial charge >= 0.3 is 0 Å². The van der Waals surface area contributed by atoms with Gasteiger partial charge in [0.15, 0.2) is 11.5 Å². The summed E-state index contributed by atoms with van der Waals surface area (Å²) in [6, 6.07) is 13.9. The fraction of sp³-hybridized carbons (Fsp3) is 0.316. The van der Waals surface area contributed by atoms with E-state index in [1.807, 2.05) is 42.5 Å². The minimum atomic E-state index is 0.716. The van der Waals surface area contributed by atoms with Gasteiger partial charge in [-0.3, -0.25) is 0 Å². The summed E-state index contributed by atoms with van der Waals surface area (Å²) in [7, 11) is 1.66. The van der Waals surface area contributed by atoms with E-state index >= 15 is 0 Å². The maximum atomic E-state index is 5.82. The Labute approximate surface area is 136 Å². The van der Waals surface area contributed by atoms with Gasteiger partial charge in [0.1, 0.15) is 5.82 Å². The number of fused-ring (bicyclic) bond motifs is 1. The van der Waals surface area contributed by atoms with E-state index in [1.165, 1.54) is 12.8 Å². The maximum absolute atomic E-state index is 5.82. The molecule has 0 saturated heterocycles. The Morgan fingerprint density at radius 1 is 1.04 bits per heavy atom. The second-order valence-corrected chi connectivity index (χ2v) is 5.52. The van der Waals surface area contributed by atoms with Gasteiger partial charge < -0.3 is 14.5 Å². The number of benzene rings is 2. The van der Waals surface area contributed by atoms with Crippen LogP contribution in [0.5, 0.6) is 11.5 Å². The fourth-order valence-electron chi connectivity index (χ4n) is 2.56. The Hall–Kier alpha value is -2.49. The zero-order valence-corrected chi connectivity index (χ0v) is 13.6. The number of rotatable bonds is 7. The van der Waals surface area contributed by atoms with E-state index in [2.05, 4.69) is 16.9 Å². The molecule has 0 radical (unpaired) electrons. The number of aromatic amines is 1. The second-order valence-electron chi connectivity index (χ2n) is 5.52. The number of hydrogen-bond donors (Lipinski definition) is 1. The van der Waals surface area contributed by atoms with Crippen molar-refractivity contribution < 1.29 is 9.47 Å². The lowest BCUT2D eigenvalue weighted by Gasteiger charge is -2.11. The molecule has 0 fully saturated rings. The van der Waals surface area contributed by atoms with Crippen LogP contribution in [0.3, 0.4) is 0 Å². The molecular formula is C19H22N2O2. The molecule has 0 aliphatic heterocycles. The quantitative estimate of drug-likeness (QED) is 0.637. The Bertz CT molecular complexity index is 747. The first-order valence-corrected chi connectivity index (χ1v) is 8.07. The topological polar surface area (TPSA) is 47.1 Å². The summed E-state index contributed by atoms with van der Waals surface area (Å²) < 4.78 is 11.3.